The molecule has 1 saturated heterocycles. The largest absolute Gasteiger partial charge is 0.546 e. The molecule has 1 fully saturated rings. The van der Waals surface area contributed by atoms with Crippen molar-refractivity contribution in [2.75, 3.05) is 0 Å². The second-order valence-electron chi connectivity index (χ2n) is 5.97. The minimum Gasteiger partial charge on any atom is -0.546 e. The van der Waals surface area contributed by atoms with Gasteiger partial charge in [0.05, 0.1) is 16.6 Å². The van der Waals surface area contributed by atoms with Gasteiger partial charge in [-0.05, 0) is 67.1 Å². The average Bonchev–Trinajstić information content (AvgIpc) is 2.95. The number of carboxylic acids is 1. The first-order valence-electron chi connectivity index (χ1n) is 8.24. The van der Waals surface area contributed by atoms with E-state index in [2.05, 4.69) is 10.3 Å². The minimum absolute atomic E-state index is 0.211. The number of nitrogens with one attached hydrogen (secondary N) is 1. The number of aryl methyl sites for hydroxylation is 1. The molecule has 0 spiro atoms. The van der Waals surface area contributed by atoms with Crippen molar-refractivity contribution < 1.29 is 19.4 Å². The van der Waals surface area contributed by atoms with Crippen molar-refractivity contribution in [1.29, 1.82) is 0 Å². The highest BCUT2D eigenvalue weighted by molar-refractivity contribution is 8.18. The number of carbonyl (C=O) groups excluding carboxylic acids is 2. The Bertz CT molecular complexity index is 935. The zero-order chi connectivity index (χ0) is 19.4. The number of amidine groups is 1. The maximum Gasteiger partial charge on any atom is 0.264 e. The second kappa shape index (κ2) is 8.09. The summed E-state index contributed by atoms with van der Waals surface area (Å²) in [5, 5.41) is 14.0. The molecule has 138 valence electrons. The molecule has 1 aliphatic rings. The van der Waals surface area contributed by atoms with Gasteiger partial charge in [0.2, 0.25) is 0 Å². The van der Waals surface area contributed by atoms with Gasteiger partial charge in [0, 0.05) is 0 Å². The van der Waals surface area contributed by atoms with Crippen LogP contribution in [0, 0.1) is 6.92 Å². The average molecular weight is 381 g/mol. The number of benzene rings is 2. The first-order chi connectivity index (χ1) is 12.9. The van der Waals surface area contributed by atoms with Crippen LogP contribution >= 0.6 is 11.8 Å². The molecule has 1 N–H and O–H groups in total. The van der Waals surface area contributed by atoms with Gasteiger partial charge < -0.3 is 20.0 Å². The van der Waals surface area contributed by atoms with Crippen molar-refractivity contribution >= 4 is 40.6 Å². The molecular weight excluding hydrogens is 364 g/mol. The third-order valence-corrected chi connectivity index (χ3v) is 4.62. The van der Waals surface area contributed by atoms with Gasteiger partial charge in [-0.25, -0.2) is 4.99 Å². The Hall–Kier alpha value is -3.06. The Morgan fingerprint density at radius 1 is 1.26 bits per heavy atom. The number of nitrogens with zero attached hydrogens (tertiary/aromatic N) is 1. The van der Waals surface area contributed by atoms with E-state index in [9.17, 15) is 14.7 Å². The van der Waals surface area contributed by atoms with Crippen molar-refractivity contribution in [3.63, 3.8) is 0 Å². The molecule has 0 radical (unpaired) electrons. The van der Waals surface area contributed by atoms with Crippen molar-refractivity contribution in [2.24, 2.45) is 4.99 Å². The number of carboxylic acid groups (broad SMARTS) is 1. The SMILES string of the molecule is Cc1cccc(N=C2NC(=O)/C(=C/c3ccc(O[C@@H](C)C(=O)[O-])cc3)S2)c1. The lowest BCUT2D eigenvalue weighted by molar-refractivity contribution is -0.312. The standard InChI is InChI=1S/C20H18N2O4S/c1-12-4-3-5-15(10-12)21-20-22-18(23)17(27-20)11-14-6-8-16(9-7-14)26-13(2)19(24)25/h3-11,13H,1-2H3,(H,24,25)(H,21,22,23)/p-1/b17-11-/t13-/m0/s1. The summed E-state index contributed by atoms with van der Waals surface area (Å²) in [7, 11) is 0. The Kier molecular flexibility index (Phi) is 5.61. The zero-order valence-corrected chi connectivity index (χ0v) is 15.6. The lowest BCUT2D eigenvalue weighted by atomic mass is 10.2. The van der Waals surface area contributed by atoms with E-state index in [0.717, 1.165) is 16.8 Å². The fourth-order valence-corrected chi connectivity index (χ4v) is 3.18. The van der Waals surface area contributed by atoms with Gasteiger partial charge in [-0.1, -0.05) is 24.3 Å². The predicted molar refractivity (Wildman–Crippen MR) is 104 cm³/mol. The first-order valence-corrected chi connectivity index (χ1v) is 9.06. The van der Waals surface area contributed by atoms with E-state index in [1.54, 1.807) is 30.3 Å². The van der Waals surface area contributed by atoms with Crippen molar-refractivity contribution in [3.8, 4) is 5.75 Å². The molecule has 0 saturated carbocycles. The third-order valence-electron chi connectivity index (χ3n) is 3.71. The molecule has 0 bridgehead atoms. The van der Waals surface area contributed by atoms with E-state index in [1.807, 2.05) is 31.2 Å². The maximum absolute atomic E-state index is 12.2. The van der Waals surface area contributed by atoms with Crippen molar-refractivity contribution in [2.45, 2.75) is 20.0 Å². The summed E-state index contributed by atoms with van der Waals surface area (Å²) in [6.45, 7) is 3.39. The molecule has 1 aliphatic heterocycles. The predicted octanol–water partition coefficient (Wildman–Crippen LogP) is 2.40. The zero-order valence-electron chi connectivity index (χ0n) is 14.8. The molecule has 2 aromatic rings. The van der Waals surface area contributed by atoms with E-state index >= 15 is 0 Å². The lowest BCUT2D eigenvalue weighted by Gasteiger charge is -2.15. The molecule has 7 heteroatoms. The number of hydrogen-bond donors (Lipinski definition) is 1. The van der Waals surface area contributed by atoms with Gasteiger partial charge in [-0.15, -0.1) is 0 Å². The highest BCUT2D eigenvalue weighted by Gasteiger charge is 2.23. The quantitative estimate of drug-likeness (QED) is 0.803. The molecule has 27 heavy (non-hydrogen) atoms. The van der Waals surface area contributed by atoms with Crippen LogP contribution in [0.5, 0.6) is 5.75 Å². The van der Waals surface area contributed by atoms with Crippen LogP contribution in [0.2, 0.25) is 0 Å². The monoisotopic (exact) mass is 381 g/mol. The minimum atomic E-state index is -1.28. The van der Waals surface area contributed by atoms with Crippen molar-refractivity contribution in [1.82, 2.24) is 5.32 Å². The van der Waals surface area contributed by atoms with E-state index in [1.165, 1.54) is 18.7 Å². The number of aliphatic imine (C=N–C) groups is 1. The molecule has 1 heterocycles. The van der Waals surface area contributed by atoms with E-state index < -0.39 is 12.1 Å². The van der Waals surface area contributed by atoms with Crippen LogP contribution in [0.1, 0.15) is 18.1 Å². The number of rotatable bonds is 5. The fourth-order valence-electron chi connectivity index (χ4n) is 2.34. The Balaban J connectivity index is 1.72. The van der Waals surface area contributed by atoms with Gasteiger partial charge in [-0.2, -0.15) is 0 Å². The highest BCUT2D eigenvalue weighted by Crippen LogP contribution is 2.28. The second-order valence-corrected chi connectivity index (χ2v) is 7.00. The molecule has 1 atom stereocenters. The number of aliphatic carboxylic acids is 1. The smallest absolute Gasteiger partial charge is 0.264 e. The summed E-state index contributed by atoms with van der Waals surface area (Å²) in [4.78, 5) is 27.8. The van der Waals surface area contributed by atoms with E-state index in [-0.39, 0.29) is 5.91 Å². The third kappa shape index (κ3) is 4.98. The summed E-state index contributed by atoms with van der Waals surface area (Å²) in [6.07, 6.45) is 0.704. The number of hydrogen-bond acceptors (Lipinski definition) is 6. The number of carbonyl (C=O) groups is 2. The van der Waals surface area contributed by atoms with Crippen LogP contribution in [-0.4, -0.2) is 23.1 Å². The lowest BCUT2D eigenvalue weighted by Crippen LogP contribution is -2.37. The normalized spacial score (nSPS) is 17.8. The summed E-state index contributed by atoms with van der Waals surface area (Å²) >= 11 is 1.27. The van der Waals surface area contributed by atoms with Gasteiger partial charge in [0.25, 0.3) is 5.91 Å². The molecular formula is C20H17N2O4S-. The number of ether oxygens (including phenoxy) is 1. The van der Waals surface area contributed by atoms with Crippen LogP contribution in [-0.2, 0) is 9.59 Å². The fraction of sp³-hybridized carbons (Fsp3) is 0.150. The van der Waals surface area contributed by atoms with Crippen LogP contribution < -0.4 is 15.2 Å². The summed E-state index contributed by atoms with van der Waals surface area (Å²) in [5.74, 6) is -1.07. The molecule has 6 nitrogen and oxygen atoms in total. The molecule has 3 rings (SSSR count). The topological polar surface area (TPSA) is 90.8 Å². The molecule has 2 aromatic carbocycles. The Morgan fingerprint density at radius 2 is 2.00 bits per heavy atom. The summed E-state index contributed by atoms with van der Waals surface area (Å²) < 4.78 is 5.23. The van der Waals surface area contributed by atoms with E-state index in [0.29, 0.717) is 15.8 Å². The highest BCUT2D eigenvalue weighted by atomic mass is 32.2. The molecule has 1 amide bonds. The number of thioether (sulfide) groups is 1. The van der Waals surface area contributed by atoms with Crippen LogP contribution in [0.3, 0.4) is 0 Å². The van der Waals surface area contributed by atoms with Crippen LogP contribution in [0.15, 0.2) is 58.4 Å². The van der Waals surface area contributed by atoms with Gasteiger partial charge in [-0.3, -0.25) is 4.79 Å². The first kappa shape index (κ1) is 18.7. The van der Waals surface area contributed by atoms with Crippen molar-refractivity contribution in [3.05, 3.63) is 64.6 Å². The maximum atomic E-state index is 12.2. The van der Waals surface area contributed by atoms with Crippen LogP contribution in [0.4, 0.5) is 5.69 Å². The van der Waals surface area contributed by atoms with Crippen LogP contribution in [0.25, 0.3) is 6.08 Å². The van der Waals surface area contributed by atoms with Gasteiger partial charge in [0.15, 0.2) is 5.17 Å². The molecule has 0 aliphatic carbocycles. The molecule has 0 unspecified atom stereocenters. The van der Waals surface area contributed by atoms with E-state index in [4.69, 9.17) is 4.74 Å². The Labute approximate surface area is 161 Å². The van der Waals surface area contributed by atoms with Gasteiger partial charge in [0.1, 0.15) is 11.9 Å². The van der Waals surface area contributed by atoms with Gasteiger partial charge >= 0.3 is 0 Å². The number of amides is 1. The summed E-state index contributed by atoms with van der Waals surface area (Å²) in [6, 6.07) is 14.5. The Morgan fingerprint density at radius 3 is 2.67 bits per heavy atom. The molecule has 0 aromatic heterocycles. The summed E-state index contributed by atoms with van der Waals surface area (Å²) in [5.41, 5.74) is 2.66.